The van der Waals surface area contributed by atoms with Gasteiger partial charge in [-0.3, -0.25) is 9.59 Å². The van der Waals surface area contributed by atoms with Crippen LogP contribution in [-0.4, -0.2) is 55.3 Å². The predicted octanol–water partition coefficient (Wildman–Crippen LogP) is 3.22. The average Bonchev–Trinajstić information content (AvgIpc) is 2.97. The van der Waals surface area contributed by atoms with Crippen LogP contribution in [0.5, 0.6) is 0 Å². The summed E-state index contributed by atoms with van der Waals surface area (Å²) >= 11 is 1.13. The van der Waals surface area contributed by atoms with Gasteiger partial charge in [0, 0.05) is 13.1 Å². The zero-order chi connectivity index (χ0) is 29.2. The lowest BCUT2D eigenvalue weighted by molar-refractivity contribution is -0.148. The lowest BCUT2D eigenvalue weighted by atomic mass is 10.0. The number of benzene rings is 1. The van der Waals surface area contributed by atoms with Crippen LogP contribution in [0.3, 0.4) is 0 Å². The van der Waals surface area contributed by atoms with Crippen LogP contribution in [-0.2, 0) is 25.5 Å². The van der Waals surface area contributed by atoms with Gasteiger partial charge < -0.3 is 25.8 Å². The van der Waals surface area contributed by atoms with Crippen LogP contribution in [0, 0.1) is 28.6 Å². The highest BCUT2D eigenvalue weighted by molar-refractivity contribution is 8.00. The van der Waals surface area contributed by atoms with Gasteiger partial charge in [0.25, 0.3) is 0 Å². The third-order valence-corrected chi connectivity index (χ3v) is 8.09. The minimum atomic E-state index is -0.741. The first-order chi connectivity index (χ1) is 19.2. The molecule has 1 amide bonds. The Hall–Kier alpha value is -3.64. The van der Waals surface area contributed by atoms with E-state index < -0.39 is 23.2 Å². The normalized spacial score (nSPS) is 15.2. The molecule has 1 saturated heterocycles. The molecule has 4 N–H and O–H groups in total. The van der Waals surface area contributed by atoms with Gasteiger partial charge in [-0.05, 0) is 36.3 Å². The molecule has 212 valence electrons. The Morgan fingerprint density at radius 3 is 2.33 bits per heavy atom. The quantitative estimate of drug-likeness (QED) is 0.222. The maximum absolute atomic E-state index is 12.4. The van der Waals surface area contributed by atoms with Crippen molar-refractivity contribution in [2.24, 2.45) is 17.4 Å². The maximum atomic E-state index is 12.4. The van der Waals surface area contributed by atoms with Crippen molar-refractivity contribution in [2.75, 3.05) is 31.2 Å². The van der Waals surface area contributed by atoms with E-state index >= 15 is 0 Å². The van der Waals surface area contributed by atoms with Crippen LogP contribution in [0.4, 0.5) is 5.82 Å². The highest BCUT2D eigenvalue weighted by atomic mass is 32.2. The first-order valence-corrected chi connectivity index (χ1v) is 14.3. The van der Waals surface area contributed by atoms with E-state index in [0.29, 0.717) is 65.4 Å². The predicted molar refractivity (Wildman–Crippen MR) is 152 cm³/mol. The number of primary amides is 1. The fourth-order valence-electron chi connectivity index (χ4n) is 4.49. The molecule has 1 aliphatic heterocycles. The second kappa shape index (κ2) is 14.7. The van der Waals surface area contributed by atoms with Crippen molar-refractivity contribution in [2.45, 2.75) is 62.5 Å². The number of hydrogen-bond acceptors (Lipinski definition) is 10. The van der Waals surface area contributed by atoms with Crippen LogP contribution in [0.25, 0.3) is 0 Å². The van der Waals surface area contributed by atoms with Crippen LogP contribution in [0.2, 0.25) is 0 Å². The highest BCUT2D eigenvalue weighted by Gasteiger charge is 2.29. The molecule has 10 nitrogen and oxygen atoms in total. The van der Waals surface area contributed by atoms with Gasteiger partial charge >= 0.3 is 5.97 Å². The lowest BCUT2D eigenvalue weighted by Crippen LogP contribution is -2.39. The van der Waals surface area contributed by atoms with Gasteiger partial charge in [0.15, 0.2) is 0 Å². The monoisotopic (exact) mass is 564 g/mol. The minimum Gasteiger partial charge on any atom is -0.462 e. The molecule has 1 fully saturated rings. The van der Waals surface area contributed by atoms with Crippen molar-refractivity contribution < 1.29 is 19.1 Å². The van der Waals surface area contributed by atoms with Gasteiger partial charge in [0.1, 0.15) is 40.9 Å². The number of thioether (sulfide) groups is 1. The third-order valence-electron chi connectivity index (χ3n) is 6.83. The van der Waals surface area contributed by atoms with Crippen molar-refractivity contribution in [1.29, 1.82) is 10.5 Å². The summed E-state index contributed by atoms with van der Waals surface area (Å²) in [6.45, 7) is 7.19. The molecule has 0 bridgehead atoms. The summed E-state index contributed by atoms with van der Waals surface area (Å²) in [6.07, 6.45) is 1.79. The number of aromatic nitrogens is 1. The molecule has 0 aliphatic carbocycles. The van der Waals surface area contributed by atoms with Crippen molar-refractivity contribution >= 4 is 29.5 Å². The molecule has 1 aliphatic rings. The number of rotatable bonds is 12. The molecule has 2 heterocycles. The Labute approximate surface area is 239 Å². The van der Waals surface area contributed by atoms with Crippen LogP contribution in [0.15, 0.2) is 35.4 Å². The van der Waals surface area contributed by atoms with Crippen molar-refractivity contribution in [3.8, 4) is 12.1 Å². The Bertz CT molecular complexity index is 1270. The molecule has 2 aromatic rings. The summed E-state index contributed by atoms with van der Waals surface area (Å²) in [6, 6.07) is 12.9. The van der Waals surface area contributed by atoms with Gasteiger partial charge in [0.05, 0.1) is 23.8 Å². The van der Waals surface area contributed by atoms with Crippen molar-refractivity contribution in [3.05, 3.63) is 52.6 Å². The molecule has 2 atom stereocenters. The SMILES string of the molecule is CCc1c(C#N)c(SC(C(N)=O)c2ccccc2)nc(N2CCC(OCCOC(=O)C(N)C(C)C)CC2)c1C#N. The first-order valence-electron chi connectivity index (χ1n) is 13.4. The van der Waals surface area contributed by atoms with Crippen LogP contribution < -0.4 is 16.4 Å². The number of carbonyl (C=O) groups excluding carboxylic acids is 2. The standard InChI is InChI=1S/C29H36N6O4S/c1-4-21-22(16-30)27(34-28(23(21)17-31)40-25(26(33)36)19-8-6-5-7-9-19)35-12-10-20(11-13-35)38-14-15-39-29(37)24(32)18(2)3/h5-9,18,20,24-25H,4,10-15,32H2,1-3H3,(H2,33,36). The number of nitrogens with zero attached hydrogens (tertiary/aromatic N) is 4. The molecule has 11 heteroatoms. The molecule has 0 radical (unpaired) electrons. The summed E-state index contributed by atoms with van der Waals surface area (Å²) in [7, 11) is 0. The summed E-state index contributed by atoms with van der Waals surface area (Å²) in [4.78, 5) is 31.1. The van der Waals surface area contributed by atoms with E-state index in [1.807, 2.05) is 56.0 Å². The molecule has 40 heavy (non-hydrogen) atoms. The number of anilines is 1. The topological polar surface area (TPSA) is 168 Å². The zero-order valence-corrected chi connectivity index (χ0v) is 23.9. The molecular formula is C29H36N6O4S. The number of pyridine rings is 1. The number of carbonyl (C=O) groups is 2. The van der Waals surface area contributed by atoms with E-state index in [4.69, 9.17) is 25.9 Å². The molecule has 0 saturated carbocycles. The Balaban J connectivity index is 1.75. The minimum absolute atomic E-state index is 0.000888. The van der Waals surface area contributed by atoms with Gasteiger partial charge in [-0.15, -0.1) is 0 Å². The molecule has 2 unspecified atom stereocenters. The molecule has 1 aromatic carbocycles. The van der Waals surface area contributed by atoms with Gasteiger partial charge in [-0.2, -0.15) is 10.5 Å². The lowest BCUT2D eigenvalue weighted by Gasteiger charge is -2.34. The number of piperidine rings is 1. The van der Waals surface area contributed by atoms with Gasteiger partial charge in [-0.25, -0.2) is 4.98 Å². The third kappa shape index (κ3) is 7.51. The number of esters is 1. The fourth-order valence-corrected chi connectivity index (χ4v) is 5.55. The zero-order valence-electron chi connectivity index (χ0n) is 23.1. The summed E-state index contributed by atoms with van der Waals surface area (Å²) < 4.78 is 11.1. The largest absolute Gasteiger partial charge is 0.462 e. The first kappa shape index (κ1) is 30.9. The Morgan fingerprint density at radius 1 is 1.12 bits per heavy atom. The van der Waals surface area contributed by atoms with Crippen LogP contribution >= 0.6 is 11.8 Å². The van der Waals surface area contributed by atoms with E-state index in [2.05, 4.69) is 12.1 Å². The number of nitriles is 2. The van der Waals surface area contributed by atoms with E-state index in [-0.39, 0.29) is 25.2 Å². The molecule has 3 rings (SSSR count). The smallest absolute Gasteiger partial charge is 0.323 e. The summed E-state index contributed by atoms with van der Waals surface area (Å²) in [5.41, 5.74) is 13.5. The second-order valence-electron chi connectivity index (χ2n) is 9.85. The number of amides is 1. The molecular weight excluding hydrogens is 528 g/mol. The summed E-state index contributed by atoms with van der Waals surface area (Å²) in [5.74, 6) is -0.484. The van der Waals surface area contributed by atoms with Crippen molar-refractivity contribution in [1.82, 2.24) is 4.98 Å². The highest BCUT2D eigenvalue weighted by Crippen LogP contribution is 2.40. The van der Waals surface area contributed by atoms with E-state index in [0.717, 1.165) is 11.8 Å². The fraction of sp³-hybridized carbons (Fsp3) is 0.483. The van der Waals surface area contributed by atoms with E-state index in [1.165, 1.54) is 0 Å². The number of nitrogens with two attached hydrogens (primary N) is 2. The van der Waals surface area contributed by atoms with Crippen molar-refractivity contribution in [3.63, 3.8) is 0 Å². The second-order valence-corrected chi connectivity index (χ2v) is 10.9. The average molecular weight is 565 g/mol. The Kier molecular flexibility index (Phi) is 11.3. The van der Waals surface area contributed by atoms with Gasteiger partial charge in [0.2, 0.25) is 5.91 Å². The van der Waals surface area contributed by atoms with Gasteiger partial charge in [-0.1, -0.05) is 62.9 Å². The number of hydrogen-bond donors (Lipinski definition) is 2. The molecule has 0 spiro atoms. The van der Waals surface area contributed by atoms with Crippen LogP contribution in [0.1, 0.15) is 61.1 Å². The Morgan fingerprint density at radius 2 is 1.77 bits per heavy atom. The summed E-state index contributed by atoms with van der Waals surface area (Å²) in [5, 5.41) is 19.7. The van der Waals surface area contributed by atoms with E-state index in [9.17, 15) is 20.1 Å². The number of ether oxygens (including phenoxy) is 2. The van der Waals surface area contributed by atoms with E-state index in [1.54, 1.807) is 0 Å². The molecule has 1 aromatic heterocycles. The maximum Gasteiger partial charge on any atom is 0.323 e.